The first-order valence-electron chi connectivity index (χ1n) is 4.03. The van der Waals surface area contributed by atoms with E-state index >= 15 is 0 Å². The fourth-order valence-corrected chi connectivity index (χ4v) is 1.28. The van der Waals surface area contributed by atoms with E-state index < -0.39 is 0 Å². The second-order valence-electron chi connectivity index (χ2n) is 2.85. The van der Waals surface area contributed by atoms with Gasteiger partial charge in [-0.15, -0.1) is 10.2 Å². The molecule has 0 unspecified atom stereocenters. The molecule has 0 fully saturated rings. The molecule has 5 heteroatoms. The van der Waals surface area contributed by atoms with Crippen LogP contribution >= 0.6 is 11.6 Å². The molecule has 0 aliphatic rings. The van der Waals surface area contributed by atoms with Crippen LogP contribution in [0.5, 0.6) is 0 Å². The van der Waals surface area contributed by atoms with Crippen molar-refractivity contribution in [3.63, 3.8) is 0 Å². The van der Waals surface area contributed by atoms with E-state index in [-0.39, 0.29) is 5.82 Å². The minimum Gasteiger partial charge on any atom is -0.300 e. The molecule has 0 spiro atoms. The number of benzene rings is 1. The van der Waals surface area contributed by atoms with Crippen molar-refractivity contribution in [1.29, 1.82) is 0 Å². The van der Waals surface area contributed by atoms with Gasteiger partial charge >= 0.3 is 0 Å². The number of nitrogens with zero attached hydrogens (tertiary/aromatic N) is 3. The van der Waals surface area contributed by atoms with E-state index in [2.05, 4.69) is 10.2 Å². The average molecular weight is 212 g/mol. The molecule has 0 amide bonds. The van der Waals surface area contributed by atoms with Crippen LogP contribution in [0.1, 0.15) is 5.56 Å². The maximum Gasteiger partial charge on any atom is 0.225 e. The van der Waals surface area contributed by atoms with Gasteiger partial charge in [-0.2, -0.15) is 0 Å². The van der Waals surface area contributed by atoms with Crippen LogP contribution in [0.4, 0.5) is 4.39 Å². The van der Waals surface area contributed by atoms with Crippen LogP contribution in [-0.4, -0.2) is 14.8 Å². The van der Waals surface area contributed by atoms with Crippen LogP contribution in [0.2, 0.25) is 5.28 Å². The van der Waals surface area contributed by atoms with Gasteiger partial charge in [-0.05, 0) is 29.3 Å². The molecule has 1 aromatic heterocycles. The summed E-state index contributed by atoms with van der Waals surface area (Å²) in [5, 5.41) is 7.61. The van der Waals surface area contributed by atoms with Gasteiger partial charge < -0.3 is 0 Å². The molecule has 72 valence electrons. The highest BCUT2D eigenvalue weighted by Crippen LogP contribution is 2.08. The summed E-state index contributed by atoms with van der Waals surface area (Å²) in [4.78, 5) is 0. The van der Waals surface area contributed by atoms with Crippen LogP contribution in [0.3, 0.4) is 0 Å². The largest absolute Gasteiger partial charge is 0.300 e. The first-order chi connectivity index (χ1) is 6.75. The molecule has 14 heavy (non-hydrogen) atoms. The van der Waals surface area contributed by atoms with Crippen molar-refractivity contribution >= 4 is 11.6 Å². The van der Waals surface area contributed by atoms with Crippen LogP contribution in [0.25, 0.3) is 0 Å². The molecule has 3 nitrogen and oxygen atoms in total. The van der Waals surface area contributed by atoms with Crippen molar-refractivity contribution in [1.82, 2.24) is 14.8 Å². The van der Waals surface area contributed by atoms with Crippen LogP contribution in [0, 0.1) is 5.82 Å². The van der Waals surface area contributed by atoms with Gasteiger partial charge in [-0.1, -0.05) is 12.1 Å². The Morgan fingerprint density at radius 2 is 2.00 bits per heavy atom. The second-order valence-corrected chi connectivity index (χ2v) is 3.19. The van der Waals surface area contributed by atoms with Gasteiger partial charge in [0.2, 0.25) is 5.28 Å². The summed E-state index contributed by atoms with van der Waals surface area (Å²) >= 11 is 5.74. The Hall–Kier alpha value is -1.42. The number of hydrogen-bond acceptors (Lipinski definition) is 2. The van der Waals surface area contributed by atoms with Crippen molar-refractivity contribution in [2.24, 2.45) is 0 Å². The average Bonchev–Trinajstić information content (AvgIpc) is 2.56. The lowest BCUT2D eigenvalue weighted by atomic mass is 10.2. The van der Waals surface area contributed by atoms with E-state index in [1.54, 1.807) is 16.7 Å². The third kappa shape index (κ3) is 1.90. The highest BCUT2D eigenvalue weighted by atomic mass is 35.5. The lowest BCUT2D eigenvalue weighted by Gasteiger charge is -2.02. The molecule has 0 aliphatic heterocycles. The fraction of sp³-hybridized carbons (Fsp3) is 0.111. The summed E-state index contributed by atoms with van der Waals surface area (Å²) in [6.07, 6.45) is 1.53. The predicted octanol–water partition coefficient (Wildman–Crippen LogP) is 2.12. The highest BCUT2D eigenvalue weighted by molar-refractivity contribution is 6.28. The van der Waals surface area contributed by atoms with Gasteiger partial charge in [0.15, 0.2) is 0 Å². The van der Waals surface area contributed by atoms with Crippen molar-refractivity contribution < 1.29 is 4.39 Å². The summed E-state index contributed by atoms with van der Waals surface area (Å²) < 4.78 is 14.3. The second kappa shape index (κ2) is 3.75. The number of aromatic nitrogens is 3. The smallest absolute Gasteiger partial charge is 0.225 e. The van der Waals surface area contributed by atoms with Crippen LogP contribution in [0.15, 0.2) is 30.6 Å². The summed E-state index contributed by atoms with van der Waals surface area (Å²) in [6, 6.07) is 6.22. The minimum absolute atomic E-state index is 0.247. The standard InChI is InChI=1S/C9H7ClFN3/c10-9-13-12-6-14(9)5-7-1-3-8(11)4-2-7/h1-4,6H,5H2. The molecule has 1 heterocycles. The predicted molar refractivity (Wildman–Crippen MR) is 50.5 cm³/mol. The van der Waals surface area contributed by atoms with E-state index in [0.717, 1.165) is 5.56 Å². The van der Waals surface area contributed by atoms with Gasteiger partial charge in [0.05, 0.1) is 6.54 Å². The van der Waals surface area contributed by atoms with Gasteiger partial charge in [-0.3, -0.25) is 4.57 Å². The summed E-state index contributed by atoms with van der Waals surface area (Å²) in [6.45, 7) is 0.548. The molecular weight excluding hydrogens is 205 g/mol. The zero-order valence-corrected chi connectivity index (χ0v) is 7.95. The maximum atomic E-state index is 12.6. The van der Waals surface area contributed by atoms with Crippen molar-refractivity contribution in [2.75, 3.05) is 0 Å². The third-order valence-electron chi connectivity index (χ3n) is 1.83. The van der Waals surface area contributed by atoms with Gasteiger partial charge in [0.1, 0.15) is 12.1 Å². The molecule has 0 N–H and O–H groups in total. The Morgan fingerprint density at radius 1 is 1.29 bits per heavy atom. The molecule has 2 aromatic rings. The monoisotopic (exact) mass is 211 g/mol. The topological polar surface area (TPSA) is 30.7 Å². The molecule has 0 atom stereocenters. The Kier molecular flexibility index (Phi) is 2.45. The highest BCUT2D eigenvalue weighted by Gasteiger charge is 2.01. The molecule has 0 saturated heterocycles. The summed E-state index contributed by atoms with van der Waals surface area (Å²) in [5.74, 6) is -0.247. The first-order valence-corrected chi connectivity index (χ1v) is 4.41. The van der Waals surface area contributed by atoms with Crippen molar-refractivity contribution in [3.05, 3.63) is 47.3 Å². The third-order valence-corrected chi connectivity index (χ3v) is 2.13. The quantitative estimate of drug-likeness (QED) is 0.762. The zero-order valence-electron chi connectivity index (χ0n) is 7.19. The Balaban J connectivity index is 2.19. The molecular formula is C9H7ClFN3. The SMILES string of the molecule is Fc1ccc(Cn2cnnc2Cl)cc1. The Labute approximate surface area is 85.1 Å². The van der Waals surface area contributed by atoms with E-state index in [4.69, 9.17) is 11.6 Å². The van der Waals surface area contributed by atoms with Gasteiger partial charge in [-0.25, -0.2) is 4.39 Å². The van der Waals surface area contributed by atoms with E-state index in [9.17, 15) is 4.39 Å². The lowest BCUT2D eigenvalue weighted by Crippen LogP contribution is -1.98. The normalized spacial score (nSPS) is 10.4. The van der Waals surface area contributed by atoms with Crippen LogP contribution < -0.4 is 0 Å². The first kappa shape index (κ1) is 9.15. The van der Waals surface area contributed by atoms with E-state index in [1.807, 2.05) is 0 Å². The number of hydrogen-bond donors (Lipinski definition) is 0. The van der Waals surface area contributed by atoms with Crippen molar-refractivity contribution in [2.45, 2.75) is 6.54 Å². The molecule has 0 radical (unpaired) electrons. The van der Waals surface area contributed by atoms with Crippen molar-refractivity contribution in [3.8, 4) is 0 Å². The summed E-state index contributed by atoms with van der Waals surface area (Å²) in [5.41, 5.74) is 0.952. The maximum absolute atomic E-state index is 12.6. The Bertz CT molecular complexity index is 424. The van der Waals surface area contributed by atoms with E-state index in [0.29, 0.717) is 11.8 Å². The molecule has 1 aromatic carbocycles. The van der Waals surface area contributed by atoms with E-state index in [1.165, 1.54) is 18.5 Å². The Morgan fingerprint density at radius 3 is 2.57 bits per heavy atom. The summed E-state index contributed by atoms with van der Waals surface area (Å²) in [7, 11) is 0. The van der Waals surface area contributed by atoms with Gasteiger partial charge in [0, 0.05) is 0 Å². The zero-order chi connectivity index (χ0) is 9.97. The molecule has 0 aliphatic carbocycles. The molecule has 2 rings (SSSR count). The van der Waals surface area contributed by atoms with Gasteiger partial charge in [0.25, 0.3) is 0 Å². The molecule has 0 bridgehead atoms. The molecule has 0 saturated carbocycles. The number of halogens is 2. The minimum atomic E-state index is -0.247. The lowest BCUT2D eigenvalue weighted by molar-refractivity contribution is 0.626. The fourth-order valence-electron chi connectivity index (χ4n) is 1.13. The number of rotatable bonds is 2. The van der Waals surface area contributed by atoms with Crippen LogP contribution in [-0.2, 0) is 6.54 Å².